The van der Waals surface area contributed by atoms with Crippen LogP contribution in [0.5, 0.6) is 0 Å². The highest BCUT2D eigenvalue weighted by atomic mass is 16.5. The number of rotatable bonds is 7. The maximum absolute atomic E-state index is 13.6. The fourth-order valence-corrected chi connectivity index (χ4v) is 5.84. The van der Waals surface area contributed by atoms with Crippen LogP contribution in [0.2, 0.25) is 0 Å². The van der Waals surface area contributed by atoms with Crippen LogP contribution >= 0.6 is 0 Å². The number of piperidine rings is 1. The summed E-state index contributed by atoms with van der Waals surface area (Å²) in [6.45, 7) is 4.30. The molecule has 2 aliphatic heterocycles. The summed E-state index contributed by atoms with van der Waals surface area (Å²) in [6, 6.07) is 0. The summed E-state index contributed by atoms with van der Waals surface area (Å²) in [5, 5.41) is 0. The van der Waals surface area contributed by atoms with E-state index in [1.54, 1.807) is 0 Å². The van der Waals surface area contributed by atoms with E-state index >= 15 is 0 Å². The SMILES string of the molecule is CCOC(=O)[C@]12CCC=C1N(CCC1=CCCCC1)C(=O)[C@H](CC(=O)N1CCCC1)C2. The Morgan fingerprint density at radius 2 is 1.94 bits per heavy atom. The number of allylic oxidation sites excluding steroid dienone is 2. The zero-order valence-electron chi connectivity index (χ0n) is 18.9. The van der Waals surface area contributed by atoms with Crippen molar-refractivity contribution < 1.29 is 19.1 Å². The lowest BCUT2D eigenvalue weighted by atomic mass is 9.71. The molecule has 31 heavy (non-hydrogen) atoms. The van der Waals surface area contributed by atoms with Crippen molar-refractivity contribution in [2.75, 3.05) is 26.2 Å². The van der Waals surface area contributed by atoms with Gasteiger partial charge in [0, 0.05) is 37.7 Å². The summed E-state index contributed by atoms with van der Waals surface area (Å²) < 4.78 is 5.49. The second-order valence-corrected chi connectivity index (χ2v) is 9.47. The third-order valence-electron chi connectivity index (χ3n) is 7.49. The van der Waals surface area contributed by atoms with Crippen molar-refractivity contribution in [3.05, 3.63) is 23.4 Å². The van der Waals surface area contributed by atoms with Crippen molar-refractivity contribution in [3.63, 3.8) is 0 Å². The molecule has 0 aromatic rings. The maximum Gasteiger partial charge on any atom is 0.318 e. The van der Waals surface area contributed by atoms with E-state index < -0.39 is 11.3 Å². The fraction of sp³-hybridized carbons (Fsp3) is 0.720. The Hall–Kier alpha value is -2.11. The number of fused-ring (bicyclic) bond motifs is 1. The van der Waals surface area contributed by atoms with E-state index in [1.807, 2.05) is 16.7 Å². The van der Waals surface area contributed by atoms with Gasteiger partial charge >= 0.3 is 5.97 Å². The Morgan fingerprint density at radius 1 is 1.13 bits per heavy atom. The number of nitrogens with zero attached hydrogens (tertiary/aromatic N) is 2. The number of esters is 1. The number of carbonyl (C=O) groups is 3. The Labute approximate surface area is 185 Å². The van der Waals surface area contributed by atoms with Crippen molar-refractivity contribution in [2.24, 2.45) is 11.3 Å². The zero-order valence-corrected chi connectivity index (χ0v) is 18.9. The molecule has 170 valence electrons. The monoisotopic (exact) mass is 428 g/mol. The Morgan fingerprint density at radius 3 is 2.65 bits per heavy atom. The molecule has 0 radical (unpaired) electrons. The van der Waals surface area contributed by atoms with Crippen LogP contribution in [0.3, 0.4) is 0 Å². The van der Waals surface area contributed by atoms with Crippen molar-refractivity contribution in [1.82, 2.24) is 9.80 Å². The minimum absolute atomic E-state index is 0.0111. The lowest BCUT2D eigenvalue weighted by Gasteiger charge is -2.44. The second-order valence-electron chi connectivity index (χ2n) is 9.47. The Kier molecular flexibility index (Phi) is 6.83. The van der Waals surface area contributed by atoms with Gasteiger partial charge in [0.25, 0.3) is 0 Å². The van der Waals surface area contributed by atoms with E-state index in [0.29, 0.717) is 26.0 Å². The molecule has 2 saturated heterocycles. The molecule has 2 heterocycles. The molecule has 4 rings (SSSR count). The van der Waals surface area contributed by atoms with Gasteiger partial charge in [0.05, 0.1) is 6.61 Å². The summed E-state index contributed by atoms with van der Waals surface area (Å²) in [4.78, 5) is 43.3. The van der Waals surface area contributed by atoms with E-state index in [1.165, 1.54) is 18.4 Å². The van der Waals surface area contributed by atoms with Gasteiger partial charge in [-0.1, -0.05) is 17.7 Å². The quantitative estimate of drug-likeness (QED) is 0.455. The minimum atomic E-state index is -0.777. The summed E-state index contributed by atoms with van der Waals surface area (Å²) >= 11 is 0. The van der Waals surface area contributed by atoms with Crippen LogP contribution in [-0.2, 0) is 19.1 Å². The number of amides is 2. The summed E-state index contributed by atoms with van der Waals surface area (Å²) in [7, 11) is 0. The molecule has 6 heteroatoms. The van der Waals surface area contributed by atoms with Crippen molar-refractivity contribution in [3.8, 4) is 0 Å². The topological polar surface area (TPSA) is 66.9 Å². The van der Waals surface area contributed by atoms with Crippen molar-refractivity contribution in [1.29, 1.82) is 0 Å². The fourth-order valence-electron chi connectivity index (χ4n) is 5.84. The van der Waals surface area contributed by atoms with Crippen LogP contribution in [0.25, 0.3) is 0 Å². The van der Waals surface area contributed by atoms with Crippen LogP contribution in [0.1, 0.15) is 77.6 Å². The van der Waals surface area contributed by atoms with E-state index in [-0.39, 0.29) is 24.2 Å². The molecule has 2 fully saturated rings. The number of likely N-dealkylation sites (tertiary alicyclic amines) is 2. The van der Waals surface area contributed by atoms with Gasteiger partial charge in [-0.2, -0.15) is 0 Å². The number of hydrogen-bond donors (Lipinski definition) is 0. The molecule has 0 aromatic carbocycles. The van der Waals surface area contributed by atoms with Gasteiger partial charge in [-0.25, -0.2) is 0 Å². The van der Waals surface area contributed by atoms with Gasteiger partial charge in [0.2, 0.25) is 11.8 Å². The molecule has 0 N–H and O–H groups in total. The first-order valence-electron chi connectivity index (χ1n) is 12.2. The molecular weight excluding hydrogens is 392 g/mol. The summed E-state index contributed by atoms with van der Waals surface area (Å²) in [6.07, 6.45) is 14.0. The lowest BCUT2D eigenvalue weighted by molar-refractivity contribution is -0.161. The van der Waals surface area contributed by atoms with E-state index in [2.05, 4.69) is 12.2 Å². The smallest absolute Gasteiger partial charge is 0.318 e. The molecule has 0 unspecified atom stereocenters. The van der Waals surface area contributed by atoms with Gasteiger partial charge in [-0.05, 0) is 71.1 Å². The predicted octanol–water partition coefficient (Wildman–Crippen LogP) is 3.97. The minimum Gasteiger partial charge on any atom is -0.465 e. The molecule has 0 bridgehead atoms. The van der Waals surface area contributed by atoms with Crippen LogP contribution < -0.4 is 0 Å². The van der Waals surface area contributed by atoms with Gasteiger partial charge in [-0.3, -0.25) is 14.4 Å². The summed E-state index contributed by atoms with van der Waals surface area (Å²) in [5.41, 5.74) is 1.47. The van der Waals surface area contributed by atoms with Crippen molar-refractivity contribution >= 4 is 17.8 Å². The number of carbonyl (C=O) groups excluding carboxylic acids is 3. The summed E-state index contributed by atoms with van der Waals surface area (Å²) in [5.74, 6) is -0.618. The molecule has 2 amide bonds. The average Bonchev–Trinajstić information content (AvgIpc) is 3.45. The van der Waals surface area contributed by atoms with Crippen LogP contribution in [-0.4, -0.2) is 53.8 Å². The van der Waals surface area contributed by atoms with Gasteiger partial charge in [-0.15, -0.1) is 0 Å². The van der Waals surface area contributed by atoms with Gasteiger partial charge in [0.15, 0.2) is 0 Å². The molecule has 6 nitrogen and oxygen atoms in total. The molecular formula is C25H36N2O4. The third-order valence-corrected chi connectivity index (χ3v) is 7.49. The third kappa shape index (κ3) is 4.44. The highest BCUT2D eigenvalue weighted by molar-refractivity contribution is 5.92. The molecule has 0 aromatic heterocycles. The molecule has 4 aliphatic rings. The van der Waals surface area contributed by atoms with Crippen molar-refractivity contribution in [2.45, 2.75) is 77.6 Å². The highest BCUT2D eigenvalue weighted by Gasteiger charge is 2.55. The number of hydrogen-bond acceptors (Lipinski definition) is 4. The predicted molar refractivity (Wildman–Crippen MR) is 118 cm³/mol. The van der Waals surface area contributed by atoms with Crippen LogP contribution in [0.15, 0.2) is 23.4 Å². The Bertz CT molecular complexity index is 780. The largest absolute Gasteiger partial charge is 0.465 e. The van der Waals surface area contributed by atoms with Gasteiger partial charge < -0.3 is 14.5 Å². The zero-order chi connectivity index (χ0) is 21.8. The van der Waals surface area contributed by atoms with E-state index in [9.17, 15) is 14.4 Å². The first-order chi connectivity index (χ1) is 15.0. The lowest BCUT2D eigenvalue weighted by Crippen LogP contribution is -2.52. The Balaban J connectivity index is 1.56. The maximum atomic E-state index is 13.6. The van der Waals surface area contributed by atoms with Gasteiger partial charge in [0.1, 0.15) is 5.41 Å². The first-order valence-corrected chi connectivity index (χ1v) is 12.2. The first kappa shape index (κ1) is 22.1. The molecule has 2 atom stereocenters. The number of ether oxygens (including phenoxy) is 1. The van der Waals surface area contributed by atoms with E-state index in [0.717, 1.165) is 57.3 Å². The normalized spacial score (nSPS) is 28.3. The van der Waals surface area contributed by atoms with E-state index in [4.69, 9.17) is 4.74 Å². The standard InChI is InChI=1S/C25H36N2O4/c1-2-31-24(30)25-13-8-11-21(25)27(16-12-19-9-4-3-5-10-19)23(29)20(18-25)17-22(28)26-14-6-7-15-26/h9,11,20H,2-8,10,12-18H2,1H3/t20-,25+/m1/s1. The molecule has 0 saturated carbocycles. The second kappa shape index (κ2) is 9.58. The molecule has 0 spiro atoms. The average molecular weight is 429 g/mol. The highest BCUT2D eigenvalue weighted by Crippen LogP contribution is 2.51. The van der Waals surface area contributed by atoms with Crippen LogP contribution in [0, 0.1) is 11.3 Å². The van der Waals surface area contributed by atoms with Crippen LogP contribution in [0.4, 0.5) is 0 Å². The molecule has 2 aliphatic carbocycles.